The fourth-order valence-electron chi connectivity index (χ4n) is 2.71. The molecule has 2 aromatic carbocycles. The number of thioether (sulfide) groups is 1. The first kappa shape index (κ1) is 20.0. The van der Waals surface area contributed by atoms with E-state index in [-0.39, 0.29) is 17.5 Å². The van der Waals surface area contributed by atoms with Gasteiger partial charge in [-0.05, 0) is 47.8 Å². The van der Waals surface area contributed by atoms with Crippen LogP contribution in [-0.2, 0) is 4.79 Å². The van der Waals surface area contributed by atoms with Gasteiger partial charge >= 0.3 is 0 Å². The predicted molar refractivity (Wildman–Crippen MR) is 118 cm³/mol. The first-order valence-electron chi connectivity index (χ1n) is 8.87. The largest absolute Gasteiger partial charge is 0.325 e. The number of para-hydroxylation sites is 1. The third-order valence-electron chi connectivity index (χ3n) is 4.10. The summed E-state index contributed by atoms with van der Waals surface area (Å²) in [5.74, 6) is -0.911. The Balaban J connectivity index is 1.43. The van der Waals surface area contributed by atoms with Crippen molar-refractivity contribution in [1.82, 2.24) is 9.97 Å². The van der Waals surface area contributed by atoms with Crippen LogP contribution in [-0.4, -0.2) is 27.5 Å². The average Bonchev–Trinajstić information content (AvgIpc) is 3.24. The van der Waals surface area contributed by atoms with E-state index in [1.54, 1.807) is 24.3 Å². The van der Waals surface area contributed by atoms with Crippen molar-refractivity contribution in [2.45, 2.75) is 5.03 Å². The van der Waals surface area contributed by atoms with Gasteiger partial charge in [-0.3, -0.25) is 9.59 Å². The van der Waals surface area contributed by atoms with Gasteiger partial charge in [-0.25, -0.2) is 14.4 Å². The molecule has 9 heteroatoms. The third kappa shape index (κ3) is 4.64. The molecule has 0 atom stereocenters. The minimum absolute atomic E-state index is 0.137. The lowest BCUT2D eigenvalue weighted by molar-refractivity contribution is -0.113. The van der Waals surface area contributed by atoms with Crippen LogP contribution in [0.1, 0.15) is 10.4 Å². The van der Waals surface area contributed by atoms with Crippen LogP contribution in [0.2, 0.25) is 0 Å². The highest BCUT2D eigenvalue weighted by Crippen LogP contribution is 2.28. The molecule has 0 spiro atoms. The van der Waals surface area contributed by atoms with Gasteiger partial charge in [0.1, 0.15) is 17.2 Å². The molecular weight excluding hydrogens is 423 g/mol. The number of nitrogens with zero attached hydrogens (tertiary/aromatic N) is 2. The van der Waals surface area contributed by atoms with Gasteiger partial charge in [-0.1, -0.05) is 23.9 Å². The Bertz CT molecular complexity index is 1210. The zero-order valence-electron chi connectivity index (χ0n) is 15.5. The molecule has 30 heavy (non-hydrogen) atoms. The number of halogens is 1. The SMILES string of the molecule is O=C(CSc1ncnc2ccsc12)Nc1ccccc1C(=O)Nc1ccc(F)cc1. The summed E-state index contributed by atoms with van der Waals surface area (Å²) in [4.78, 5) is 33.5. The van der Waals surface area contributed by atoms with Crippen LogP contribution in [0.4, 0.5) is 15.8 Å². The minimum atomic E-state index is -0.402. The van der Waals surface area contributed by atoms with Gasteiger partial charge in [-0.15, -0.1) is 11.3 Å². The maximum atomic E-state index is 13.0. The molecule has 0 fully saturated rings. The monoisotopic (exact) mass is 438 g/mol. The highest BCUT2D eigenvalue weighted by atomic mass is 32.2. The molecule has 150 valence electrons. The number of hydrogen-bond acceptors (Lipinski definition) is 6. The molecule has 4 rings (SSSR count). The Labute approximate surface area is 179 Å². The van der Waals surface area contributed by atoms with Gasteiger partial charge in [0.25, 0.3) is 5.91 Å². The van der Waals surface area contributed by atoms with Crippen molar-refractivity contribution >= 4 is 56.5 Å². The maximum absolute atomic E-state index is 13.0. The van der Waals surface area contributed by atoms with Crippen molar-refractivity contribution in [1.29, 1.82) is 0 Å². The number of benzene rings is 2. The van der Waals surface area contributed by atoms with Crippen LogP contribution in [0.3, 0.4) is 0 Å². The summed E-state index contributed by atoms with van der Waals surface area (Å²) in [6, 6.07) is 14.1. The van der Waals surface area contributed by atoms with Crippen molar-refractivity contribution in [3.8, 4) is 0 Å². The fourth-order valence-corrected chi connectivity index (χ4v) is 4.46. The number of amides is 2. The van der Waals surface area contributed by atoms with E-state index in [9.17, 15) is 14.0 Å². The molecule has 2 aromatic heterocycles. The predicted octanol–water partition coefficient (Wildman–Crippen LogP) is 4.81. The van der Waals surface area contributed by atoms with Crippen LogP contribution >= 0.6 is 23.1 Å². The Kier molecular flexibility index (Phi) is 6.01. The van der Waals surface area contributed by atoms with Crippen molar-refractivity contribution in [2.75, 3.05) is 16.4 Å². The molecule has 0 saturated carbocycles. The molecule has 0 aliphatic heterocycles. The molecular formula is C21H15FN4O2S2. The van der Waals surface area contributed by atoms with E-state index in [1.165, 1.54) is 53.7 Å². The van der Waals surface area contributed by atoms with Crippen molar-refractivity contribution in [3.63, 3.8) is 0 Å². The maximum Gasteiger partial charge on any atom is 0.257 e. The summed E-state index contributed by atoms with van der Waals surface area (Å²) in [7, 11) is 0. The summed E-state index contributed by atoms with van der Waals surface area (Å²) < 4.78 is 14.0. The molecule has 2 heterocycles. The van der Waals surface area contributed by atoms with Crippen LogP contribution in [0, 0.1) is 5.82 Å². The zero-order valence-corrected chi connectivity index (χ0v) is 17.1. The molecule has 2 N–H and O–H groups in total. The number of fused-ring (bicyclic) bond motifs is 1. The lowest BCUT2D eigenvalue weighted by Gasteiger charge is -2.11. The second kappa shape index (κ2) is 9.02. The topological polar surface area (TPSA) is 84.0 Å². The van der Waals surface area contributed by atoms with Crippen molar-refractivity contribution < 1.29 is 14.0 Å². The fraction of sp³-hybridized carbons (Fsp3) is 0.0476. The van der Waals surface area contributed by atoms with Crippen LogP contribution in [0.25, 0.3) is 10.2 Å². The van der Waals surface area contributed by atoms with Crippen LogP contribution < -0.4 is 10.6 Å². The van der Waals surface area contributed by atoms with Crippen LogP contribution in [0.15, 0.2) is 71.3 Å². The summed E-state index contributed by atoms with van der Waals surface area (Å²) in [6.45, 7) is 0. The second-order valence-electron chi connectivity index (χ2n) is 6.16. The van der Waals surface area contributed by atoms with E-state index in [1.807, 2.05) is 11.4 Å². The van der Waals surface area contributed by atoms with Gasteiger partial charge < -0.3 is 10.6 Å². The van der Waals surface area contributed by atoms with E-state index in [0.29, 0.717) is 16.9 Å². The Morgan fingerprint density at radius 1 is 1.00 bits per heavy atom. The highest BCUT2D eigenvalue weighted by molar-refractivity contribution is 8.00. The van der Waals surface area contributed by atoms with E-state index in [2.05, 4.69) is 20.6 Å². The molecule has 0 bridgehead atoms. The van der Waals surface area contributed by atoms with Crippen molar-refractivity contribution in [2.24, 2.45) is 0 Å². The minimum Gasteiger partial charge on any atom is -0.325 e. The summed E-state index contributed by atoms with van der Waals surface area (Å²) in [5.41, 5.74) is 2.01. The highest BCUT2D eigenvalue weighted by Gasteiger charge is 2.15. The lowest BCUT2D eigenvalue weighted by atomic mass is 10.1. The van der Waals surface area contributed by atoms with Gasteiger partial charge in [0.2, 0.25) is 5.91 Å². The first-order chi connectivity index (χ1) is 14.6. The summed E-state index contributed by atoms with van der Waals surface area (Å²) in [6.07, 6.45) is 1.48. The van der Waals surface area contributed by atoms with E-state index >= 15 is 0 Å². The standard InChI is InChI=1S/C21H15FN4O2S2/c22-13-5-7-14(8-6-13)25-20(28)15-3-1-2-4-16(15)26-18(27)11-30-21-19-17(9-10-29-19)23-12-24-21/h1-10,12H,11H2,(H,25,28)(H,26,27). The number of hydrogen-bond donors (Lipinski definition) is 2. The number of anilines is 2. The normalized spacial score (nSPS) is 10.7. The lowest BCUT2D eigenvalue weighted by Crippen LogP contribution is -2.19. The van der Waals surface area contributed by atoms with Gasteiger partial charge in [0.15, 0.2) is 0 Å². The molecule has 0 aliphatic carbocycles. The number of thiophene rings is 1. The van der Waals surface area contributed by atoms with Gasteiger partial charge in [0.05, 0.1) is 27.2 Å². The number of carbonyl (C=O) groups is 2. The average molecular weight is 439 g/mol. The quantitative estimate of drug-likeness (QED) is 0.333. The van der Waals surface area contributed by atoms with Gasteiger partial charge in [0, 0.05) is 5.69 Å². The molecule has 0 saturated heterocycles. The van der Waals surface area contributed by atoms with Gasteiger partial charge in [-0.2, -0.15) is 0 Å². The summed E-state index contributed by atoms with van der Waals surface area (Å²) in [5, 5.41) is 8.15. The van der Waals surface area contributed by atoms with E-state index in [4.69, 9.17) is 0 Å². The molecule has 2 amide bonds. The molecule has 0 aliphatic rings. The summed E-state index contributed by atoms with van der Waals surface area (Å²) >= 11 is 2.84. The van der Waals surface area contributed by atoms with Crippen molar-refractivity contribution in [3.05, 3.63) is 77.7 Å². The number of carbonyl (C=O) groups excluding carboxylic acids is 2. The zero-order chi connectivity index (χ0) is 20.9. The third-order valence-corrected chi connectivity index (χ3v) is 6.13. The number of nitrogens with one attached hydrogen (secondary N) is 2. The molecule has 0 unspecified atom stereocenters. The Morgan fingerprint density at radius 3 is 2.63 bits per heavy atom. The Hall–Kier alpha value is -3.30. The Morgan fingerprint density at radius 2 is 1.80 bits per heavy atom. The second-order valence-corrected chi connectivity index (χ2v) is 8.04. The first-order valence-corrected chi connectivity index (χ1v) is 10.7. The smallest absolute Gasteiger partial charge is 0.257 e. The van der Waals surface area contributed by atoms with E-state index in [0.717, 1.165) is 15.2 Å². The number of rotatable bonds is 6. The molecule has 6 nitrogen and oxygen atoms in total. The van der Waals surface area contributed by atoms with E-state index < -0.39 is 5.91 Å². The molecule has 0 radical (unpaired) electrons. The molecule has 4 aromatic rings. The van der Waals surface area contributed by atoms with Crippen LogP contribution in [0.5, 0.6) is 0 Å². The number of aromatic nitrogens is 2.